The van der Waals surface area contributed by atoms with Crippen LogP contribution in [0.15, 0.2) is 72.8 Å². The molecule has 4 rings (SSSR count). The Balaban J connectivity index is 0.000000319. The quantitative estimate of drug-likeness (QED) is 0.336. The topological polar surface area (TPSA) is 156 Å². The highest BCUT2D eigenvalue weighted by molar-refractivity contribution is 5.90. The SMILES string of the molecule is Cc1cccc(CN2CCC(CN3CCCc4ccccc4C3)CC2)c1.O=C(O)/C=C/C(=O)O.O=C(O)/C=C/C(=O)O. The number of nitrogens with zero attached hydrogens (tertiary/aromatic N) is 2. The maximum absolute atomic E-state index is 9.55. The van der Waals surface area contributed by atoms with Gasteiger partial charge in [0, 0.05) is 43.9 Å². The van der Waals surface area contributed by atoms with E-state index in [9.17, 15) is 19.2 Å². The maximum Gasteiger partial charge on any atom is 0.328 e. The van der Waals surface area contributed by atoms with E-state index in [0.717, 1.165) is 19.0 Å². The first-order valence-corrected chi connectivity index (χ1v) is 13.9. The highest BCUT2D eigenvalue weighted by atomic mass is 16.4. The van der Waals surface area contributed by atoms with Crippen molar-refractivity contribution in [1.29, 1.82) is 0 Å². The van der Waals surface area contributed by atoms with E-state index < -0.39 is 23.9 Å². The second kappa shape index (κ2) is 18.2. The molecule has 4 N–H and O–H groups in total. The fraction of sp³-hybridized carbons (Fsp3) is 0.375. The van der Waals surface area contributed by atoms with Crippen molar-refractivity contribution >= 4 is 23.9 Å². The highest BCUT2D eigenvalue weighted by Crippen LogP contribution is 2.24. The fourth-order valence-corrected chi connectivity index (χ4v) is 4.97. The molecule has 0 radical (unpaired) electrons. The minimum Gasteiger partial charge on any atom is -0.478 e. The number of piperidine rings is 1. The Morgan fingerprint density at radius 1 is 0.738 bits per heavy atom. The molecule has 1 saturated heterocycles. The molecule has 0 bridgehead atoms. The second-order valence-electron chi connectivity index (χ2n) is 10.3. The van der Waals surface area contributed by atoms with Crippen molar-refractivity contribution in [2.75, 3.05) is 26.2 Å². The van der Waals surface area contributed by atoms with Gasteiger partial charge in [-0.15, -0.1) is 0 Å². The summed E-state index contributed by atoms with van der Waals surface area (Å²) in [6.45, 7) is 9.51. The largest absolute Gasteiger partial charge is 0.478 e. The van der Waals surface area contributed by atoms with Gasteiger partial charge >= 0.3 is 23.9 Å². The number of likely N-dealkylation sites (tertiary alicyclic amines) is 1. The van der Waals surface area contributed by atoms with E-state index >= 15 is 0 Å². The van der Waals surface area contributed by atoms with Crippen molar-refractivity contribution in [2.24, 2.45) is 5.92 Å². The first kappa shape index (κ1) is 33.9. The average Bonchev–Trinajstić information content (AvgIpc) is 3.14. The van der Waals surface area contributed by atoms with Crippen LogP contribution in [0.25, 0.3) is 0 Å². The summed E-state index contributed by atoms with van der Waals surface area (Å²) in [5, 5.41) is 31.2. The molecule has 2 heterocycles. The van der Waals surface area contributed by atoms with Gasteiger partial charge in [0.05, 0.1) is 0 Å². The molecular weight excluding hydrogens is 540 g/mol. The van der Waals surface area contributed by atoms with Gasteiger partial charge in [0.2, 0.25) is 0 Å². The third-order valence-corrected chi connectivity index (χ3v) is 6.88. The molecule has 0 aromatic heterocycles. The Morgan fingerprint density at radius 2 is 1.29 bits per heavy atom. The van der Waals surface area contributed by atoms with E-state index in [-0.39, 0.29) is 0 Å². The van der Waals surface area contributed by atoms with Gasteiger partial charge in [-0.3, -0.25) is 9.80 Å². The van der Waals surface area contributed by atoms with E-state index in [1.807, 2.05) is 0 Å². The number of benzene rings is 2. The molecule has 1 fully saturated rings. The molecule has 0 atom stereocenters. The summed E-state index contributed by atoms with van der Waals surface area (Å²) in [6.07, 6.45) is 7.49. The molecule has 0 unspecified atom stereocenters. The molecule has 42 heavy (non-hydrogen) atoms. The zero-order valence-corrected chi connectivity index (χ0v) is 23.9. The van der Waals surface area contributed by atoms with E-state index in [0.29, 0.717) is 24.3 Å². The van der Waals surface area contributed by atoms with Gasteiger partial charge < -0.3 is 20.4 Å². The van der Waals surface area contributed by atoms with Gasteiger partial charge in [-0.05, 0) is 74.8 Å². The van der Waals surface area contributed by atoms with Gasteiger partial charge in [-0.1, -0.05) is 54.1 Å². The summed E-state index contributed by atoms with van der Waals surface area (Å²) in [5.74, 6) is -4.16. The van der Waals surface area contributed by atoms with E-state index in [1.54, 1.807) is 11.1 Å². The van der Waals surface area contributed by atoms with Crippen LogP contribution < -0.4 is 0 Å². The minimum atomic E-state index is -1.26. The number of fused-ring (bicyclic) bond motifs is 1. The molecule has 0 aliphatic carbocycles. The normalized spacial score (nSPS) is 15.9. The van der Waals surface area contributed by atoms with Crippen LogP contribution in [0.4, 0.5) is 0 Å². The number of carboxylic acid groups (broad SMARTS) is 4. The van der Waals surface area contributed by atoms with Gasteiger partial charge in [-0.25, -0.2) is 19.2 Å². The number of hydrogen-bond acceptors (Lipinski definition) is 6. The molecule has 2 aromatic rings. The third kappa shape index (κ3) is 14.4. The predicted octanol–water partition coefficient (Wildman–Crippen LogP) is 4.08. The Morgan fingerprint density at radius 3 is 1.81 bits per heavy atom. The molecule has 2 aromatic carbocycles. The van der Waals surface area contributed by atoms with Crippen LogP contribution in [0.5, 0.6) is 0 Å². The molecule has 0 saturated carbocycles. The molecule has 2 aliphatic rings. The monoisotopic (exact) mass is 580 g/mol. The van der Waals surface area contributed by atoms with E-state index in [4.69, 9.17) is 20.4 Å². The molecule has 0 amide bonds. The van der Waals surface area contributed by atoms with Crippen LogP contribution >= 0.6 is 0 Å². The number of carbonyl (C=O) groups is 4. The summed E-state index contributed by atoms with van der Waals surface area (Å²) in [4.78, 5) is 43.6. The molecule has 226 valence electrons. The van der Waals surface area contributed by atoms with Gasteiger partial charge in [0.1, 0.15) is 0 Å². The van der Waals surface area contributed by atoms with Crippen LogP contribution in [0.1, 0.15) is 41.5 Å². The Kier molecular flexibility index (Phi) is 14.7. The zero-order valence-electron chi connectivity index (χ0n) is 23.9. The van der Waals surface area contributed by atoms with Crippen molar-refractivity contribution < 1.29 is 39.6 Å². The standard InChI is InChI=1S/C24H32N2.2C4H4O4/c1-20-6-4-7-22(16-20)18-25-14-11-21(12-15-25)17-26-13-5-10-23-8-2-3-9-24(23)19-26;2*5-3(6)1-2-4(7)8/h2-4,6-9,16,21H,5,10-15,17-19H2,1H3;2*1-2H,(H,5,6)(H,7,8)/b;2*2-1+. The Bertz CT molecular complexity index is 1180. The van der Waals surface area contributed by atoms with E-state index in [1.165, 1.54) is 63.0 Å². The lowest BCUT2D eigenvalue weighted by Gasteiger charge is -2.34. The smallest absolute Gasteiger partial charge is 0.328 e. The molecule has 0 spiro atoms. The Hall–Kier alpha value is -4.28. The first-order chi connectivity index (χ1) is 20.0. The summed E-state index contributed by atoms with van der Waals surface area (Å²) < 4.78 is 0. The Labute approximate surface area is 246 Å². The van der Waals surface area contributed by atoms with Crippen LogP contribution in [0, 0.1) is 12.8 Å². The second-order valence-corrected chi connectivity index (χ2v) is 10.3. The maximum atomic E-state index is 9.55. The highest BCUT2D eigenvalue weighted by Gasteiger charge is 2.23. The van der Waals surface area contributed by atoms with Crippen molar-refractivity contribution in [1.82, 2.24) is 9.80 Å². The number of rotatable bonds is 8. The zero-order chi connectivity index (χ0) is 30.9. The lowest BCUT2D eigenvalue weighted by molar-refractivity contribution is -0.134. The van der Waals surface area contributed by atoms with Crippen molar-refractivity contribution in [2.45, 2.75) is 45.7 Å². The lowest BCUT2D eigenvalue weighted by Crippen LogP contribution is -2.38. The third-order valence-electron chi connectivity index (χ3n) is 6.88. The molecule has 2 aliphatic heterocycles. The fourth-order valence-electron chi connectivity index (χ4n) is 4.97. The summed E-state index contributed by atoms with van der Waals surface area (Å²) in [5.41, 5.74) is 5.97. The van der Waals surface area contributed by atoms with Gasteiger partial charge in [0.15, 0.2) is 0 Å². The van der Waals surface area contributed by atoms with Gasteiger partial charge in [-0.2, -0.15) is 0 Å². The number of carboxylic acids is 4. The number of aryl methyl sites for hydroxylation is 2. The first-order valence-electron chi connectivity index (χ1n) is 13.9. The van der Waals surface area contributed by atoms with E-state index in [2.05, 4.69) is 65.3 Å². The molecule has 10 nitrogen and oxygen atoms in total. The summed E-state index contributed by atoms with van der Waals surface area (Å²) >= 11 is 0. The van der Waals surface area contributed by atoms with Crippen LogP contribution in [0.3, 0.4) is 0 Å². The molecular formula is C32H40N2O8. The van der Waals surface area contributed by atoms with Gasteiger partial charge in [0.25, 0.3) is 0 Å². The number of hydrogen-bond donors (Lipinski definition) is 4. The van der Waals surface area contributed by atoms with Crippen LogP contribution in [0.2, 0.25) is 0 Å². The van der Waals surface area contributed by atoms with Crippen molar-refractivity contribution in [3.63, 3.8) is 0 Å². The van der Waals surface area contributed by atoms with Crippen LogP contribution in [-0.4, -0.2) is 80.3 Å². The minimum absolute atomic E-state index is 0.558. The average molecular weight is 581 g/mol. The van der Waals surface area contributed by atoms with Crippen molar-refractivity contribution in [3.05, 3.63) is 95.1 Å². The molecule has 10 heteroatoms. The van der Waals surface area contributed by atoms with Crippen molar-refractivity contribution in [3.8, 4) is 0 Å². The summed E-state index contributed by atoms with van der Waals surface area (Å²) in [7, 11) is 0. The predicted molar refractivity (Wildman–Crippen MR) is 158 cm³/mol. The lowest BCUT2D eigenvalue weighted by atomic mass is 9.95. The number of aliphatic carboxylic acids is 4. The summed E-state index contributed by atoms with van der Waals surface area (Å²) in [6, 6.07) is 18.0. The van der Waals surface area contributed by atoms with Crippen LogP contribution in [-0.2, 0) is 38.7 Å².